The van der Waals surface area contributed by atoms with Gasteiger partial charge in [0.2, 0.25) is 0 Å². The zero-order valence-electron chi connectivity index (χ0n) is 13.5. The molecule has 21 heavy (non-hydrogen) atoms. The molecular formula is C18H29N3. The number of likely N-dealkylation sites (tertiary alicyclic amines) is 1. The maximum absolute atomic E-state index is 3.74. The van der Waals surface area contributed by atoms with E-state index in [-0.39, 0.29) is 5.54 Å². The first kappa shape index (κ1) is 15.0. The zero-order valence-corrected chi connectivity index (χ0v) is 13.5. The molecule has 1 N–H and O–H groups in total. The maximum Gasteiger partial charge on any atom is 0.0535 e. The van der Waals surface area contributed by atoms with Crippen molar-refractivity contribution in [3.05, 3.63) is 35.9 Å². The van der Waals surface area contributed by atoms with Gasteiger partial charge in [0.15, 0.2) is 0 Å². The van der Waals surface area contributed by atoms with E-state index in [2.05, 4.69) is 59.4 Å². The Morgan fingerprint density at radius 2 is 2.05 bits per heavy atom. The number of hydrogen-bond donors (Lipinski definition) is 1. The van der Waals surface area contributed by atoms with Gasteiger partial charge in [-0.25, -0.2) is 0 Å². The molecule has 0 radical (unpaired) electrons. The van der Waals surface area contributed by atoms with Crippen LogP contribution in [0.15, 0.2) is 30.3 Å². The van der Waals surface area contributed by atoms with E-state index in [0.29, 0.717) is 0 Å². The van der Waals surface area contributed by atoms with Gasteiger partial charge in [-0.3, -0.25) is 4.90 Å². The predicted octanol–water partition coefficient (Wildman–Crippen LogP) is 2.15. The highest BCUT2D eigenvalue weighted by Crippen LogP contribution is 2.26. The van der Waals surface area contributed by atoms with E-state index in [1.165, 1.54) is 44.6 Å². The summed E-state index contributed by atoms with van der Waals surface area (Å²) < 4.78 is 0. The molecule has 2 aliphatic rings. The summed E-state index contributed by atoms with van der Waals surface area (Å²) in [7, 11) is 2.26. The second kappa shape index (κ2) is 6.47. The fourth-order valence-electron chi connectivity index (χ4n) is 4.01. The van der Waals surface area contributed by atoms with Crippen LogP contribution in [0.4, 0.5) is 0 Å². The summed E-state index contributed by atoms with van der Waals surface area (Å²) in [6, 6.07) is 10.9. The highest BCUT2D eigenvalue weighted by atomic mass is 15.2. The van der Waals surface area contributed by atoms with Gasteiger partial charge in [0, 0.05) is 32.7 Å². The van der Waals surface area contributed by atoms with Crippen LogP contribution in [0.3, 0.4) is 0 Å². The molecule has 0 amide bonds. The number of nitrogens with one attached hydrogen (secondary N) is 1. The monoisotopic (exact) mass is 287 g/mol. The lowest BCUT2D eigenvalue weighted by molar-refractivity contribution is 0.0987. The normalized spacial score (nSPS) is 32.2. The van der Waals surface area contributed by atoms with Crippen LogP contribution in [0.1, 0.15) is 25.3 Å². The summed E-state index contributed by atoms with van der Waals surface area (Å²) in [6.07, 6.45) is 2.76. The van der Waals surface area contributed by atoms with Gasteiger partial charge in [0.1, 0.15) is 0 Å². The summed E-state index contributed by atoms with van der Waals surface area (Å²) in [4.78, 5) is 5.17. The third kappa shape index (κ3) is 3.65. The van der Waals surface area contributed by atoms with Gasteiger partial charge in [-0.1, -0.05) is 30.3 Å². The van der Waals surface area contributed by atoms with Crippen LogP contribution in [-0.2, 0) is 5.54 Å². The molecule has 2 unspecified atom stereocenters. The van der Waals surface area contributed by atoms with Crippen molar-refractivity contribution in [1.82, 2.24) is 15.1 Å². The second-order valence-corrected chi connectivity index (χ2v) is 7.13. The third-order valence-corrected chi connectivity index (χ3v) is 5.13. The number of benzene rings is 1. The first-order valence-corrected chi connectivity index (χ1v) is 8.37. The second-order valence-electron chi connectivity index (χ2n) is 7.13. The largest absolute Gasteiger partial charge is 0.306 e. The van der Waals surface area contributed by atoms with Crippen LogP contribution in [0.2, 0.25) is 0 Å². The van der Waals surface area contributed by atoms with Gasteiger partial charge < -0.3 is 10.2 Å². The molecule has 116 valence electrons. The average molecular weight is 287 g/mol. The molecule has 3 rings (SSSR count). The minimum atomic E-state index is 0.0973. The van der Waals surface area contributed by atoms with Crippen molar-refractivity contribution in [3.8, 4) is 0 Å². The van der Waals surface area contributed by atoms with E-state index >= 15 is 0 Å². The molecule has 1 aromatic carbocycles. The van der Waals surface area contributed by atoms with E-state index in [1.807, 2.05) is 0 Å². The topological polar surface area (TPSA) is 18.5 Å². The molecule has 0 bridgehead atoms. The summed E-state index contributed by atoms with van der Waals surface area (Å²) in [5.41, 5.74) is 1.51. The number of rotatable bonds is 3. The van der Waals surface area contributed by atoms with Crippen LogP contribution in [0.25, 0.3) is 0 Å². The lowest BCUT2D eigenvalue weighted by atomic mass is 9.88. The number of piperazine rings is 1. The number of nitrogens with zero attached hydrogens (tertiary/aromatic N) is 2. The summed E-state index contributed by atoms with van der Waals surface area (Å²) in [5.74, 6) is 0.849. The lowest BCUT2D eigenvalue weighted by Gasteiger charge is -2.44. The SMILES string of the molecule is CN1CCCC(CN2CCNC(C)(c3ccccc3)C2)C1. The first-order valence-electron chi connectivity index (χ1n) is 8.37. The first-order chi connectivity index (χ1) is 10.2. The van der Waals surface area contributed by atoms with Gasteiger partial charge in [0.05, 0.1) is 5.54 Å². The van der Waals surface area contributed by atoms with E-state index in [0.717, 1.165) is 19.0 Å². The van der Waals surface area contributed by atoms with Crippen molar-refractivity contribution >= 4 is 0 Å². The third-order valence-electron chi connectivity index (χ3n) is 5.13. The Bertz CT molecular complexity index is 447. The van der Waals surface area contributed by atoms with Crippen LogP contribution in [0.5, 0.6) is 0 Å². The van der Waals surface area contributed by atoms with Crippen molar-refractivity contribution in [2.24, 2.45) is 5.92 Å². The fraction of sp³-hybridized carbons (Fsp3) is 0.667. The minimum absolute atomic E-state index is 0.0973. The van der Waals surface area contributed by atoms with Crippen molar-refractivity contribution in [2.45, 2.75) is 25.3 Å². The van der Waals surface area contributed by atoms with Crippen LogP contribution in [0, 0.1) is 5.92 Å². The summed E-state index contributed by atoms with van der Waals surface area (Å²) in [5, 5.41) is 3.74. The van der Waals surface area contributed by atoms with E-state index in [4.69, 9.17) is 0 Å². The molecule has 3 nitrogen and oxygen atoms in total. The molecule has 3 heteroatoms. The minimum Gasteiger partial charge on any atom is -0.306 e. The van der Waals surface area contributed by atoms with E-state index in [9.17, 15) is 0 Å². The molecule has 0 spiro atoms. The van der Waals surface area contributed by atoms with Crippen LogP contribution in [-0.4, -0.2) is 56.1 Å². The van der Waals surface area contributed by atoms with Crippen LogP contribution >= 0.6 is 0 Å². The quantitative estimate of drug-likeness (QED) is 0.919. The van der Waals surface area contributed by atoms with Gasteiger partial charge >= 0.3 is 0 Å². The number of hydrogen-bond acceptors (Lipinski definition) is 3. The molecule has 0 aliphatic carbocycles. The van der Waals surface area contributed by atoms with Crippen molar-refractivity contribution in [3.63, 3.8) is 0 Å². The Labute approximate surface area is 129 Å². The number of piperidine rings is 1. The molecule has 2 heterocycles. The van der Waals surface area contributed by atoms with E-state index < -0.39 is 0 Å². The van der Waals surface area contributed by atoms with Crippen molar-refractivity contribution < 1.29 is 0 Å². The zero-order chi connectivity index (χ0) is 14.7. The molecule has 2 fully saturated rings. The van der Waals surface area contributed by atoms with Crippen LogP contribution < -0.4 is 5.32 Å². The molecule has 2 atom stereocenters. The Morgan fingerprint density at radius 1 is 1.24 bits per heavy atom. The average Bonchev–Trinajstić information content (AvgIpc) is 2.48. The van der Waals surface area contributed by atoms with Crippen molar-refractivity contribution in [2.75, 3.05) is 46.3 Å². The lowest BCUT2D eigenvalue weighted by Crippen LogP contribution is -2.57. The molecule has 0 aromatic heterocycles. The van der Waals surface area contributed by atoms with Gasteiger partial charge in [0.25, 0.3) is 0 Å². The Morgan fingerprint density at radius 3 is 2.81 bits per heavy atom. The van der Waals surface area contributed by atoms with E-state index in [1.54, 1.807) is 0 Å². The maximum atomic E-state index is 3.74. The highest BCUT2D eigenvalue weighted by molar-refractivity contribution is 5.24. The Kier molecular flexibility index (Phi) is 4.63. The molecule has 2 saturated heterocycles. The molecule has 2 aliphatic heterocycles. The summed E-state index contributed by atoms with van der Waals surface area (Å²) in [6.45, 7) is 9.55. The smallest absolute Gasteiger partial charge is 0.0535 e. The van der Waals surface area contributed by atoms with Crippen molar-refractivity contribution in [1.29, 1.82) is 0 Å². The van der Waals surface area contributed by atoms with Gasteiger partial charge in [-0.05, 0) is 44.8 Å². The summed E-state index contributed by atoms with van der Waals surface area (Å²) >= 11 is 0. The fourth-order valence-corrected chi connectivity index (χ4v) is 4.01. The Hall–Kier alpha value is -0.900. The molecule has 0 saturated carbocycles. The van der Waals surface area contributed by atoms with Gasteiger partial charge in [-0.2, -0.15) is 0 Å². The predicted molar refractivity (Wildman–Crippen MR) is 88.5 cm³/mol. The molecule has 1 aromatic rings. The highest BCUT2D eigenvalue weighted by Gasteiger charge is 2.33. The van der Waals surface area contributed by atoms with Gasteiger partial charge in [-0.15, -0.1) is 0 Å². The standard InChI is InChI=1S/C18H29N3/c1-18(17-8-4-3-5-9-17)15-21(12-10-19-18)14-16-7-6-11-20(2)13-16/h3-5,8-9,16,19H,6-7,10-15H2,1-2H3. The Balaban J connectivity index is 1.63. The molecular weight excluding hydrogens is 258 g/mol.